The molecular formula is C16H21ClO3. The van der Waals surface area contributed by atoms with E-state index in [4.69, 9.17) is 16.3 Å². The van der Waals surface area contributed by atoms with Crippen LogP contribution in [-0.2, 0) is 20.7 Å². The fourth-order valence-corrected chi connectivity index (χ4v) is 2.22. The molecule has 0 amide bonds. The van der Waals surface area contributed by atoms with Crippen molar-refractivity contribution >= 4 is 23.4 Å². The Labute approximate surface area is 125 Å². The smallest absolute Gasteiger partial charge is 0.316 e. The maximum Gasteiger partial charge on any atom is 0.316 e. The Kier molecular flexibility index (Phi) is 6.73. The zero-order valence-electron chi connectivity index (χ0n) is 12.2. The average Bonchev–Trinajstić information content (AvgIpc) is 2.33. The number of halogens is 1. The zero-order chi connectivity index (χ0) is 15.1. The van der Waals surface area contributed by atoms with Gasteiger partial charge in [-0.1, -0.05) is 23.7 Å². The summed E-state index contributed by atoms with van der Waals surface area (Å²) in [6.07, 6.45) is 1.85. The maximum absolute atomic E-state index is 11.8. The minimum absolute atomic E-state index is 0.137. The van der Waals surface area contributed by atoms with Crippen molar-refractivity contribution in [3.8, 4) is 0 Å². The SMILES string of the molecule is CC(=O)C(CCCc1cccc(Cl)c1)C(=O)OC(C)C. The molecule has 1 aromatic carbocycles. The summed E-state index contributed by atoms with van der Waals surface area (Å²) < 4.78 is 5.11. The molecular weight excluding hydrogens is 276 g/mol. The molecule has 0 saturated heterocycles. The summed E-state index contributed by atoms with van der Waals surface area (Å²) in [6, 6.07) is 7.61. The van der Waals surface area contributed by atoms with Gasteiger partial charge >= 0.3 is 5.97 Å². The quantitative estimate of drug-likeness (QED) is 0.567. The van der Waals surface area contributed by atoms with Gasteiger partial charge in [-0.05, 0) is 57.7 Å². The van der Waals surface area contributed by atoms with Crippen LogP contribution in [-0.4, -0.2) is 17.9 Å². The fourth-order valence-electron chi connectivity index (χ4n) is 2.00. The van der Waals surface area contributed by atoms with Crippen LogP contribution in [0, 0.1) is 5.92 Å². The van der Waals surface area contributed by atoms with Gasteiger partial charge in [0.25, 0.3) is 0 Å². The number of Topliss-reactive ketones (excluding diaryl/α,β-unsaturated/α-hetero) is 1. The first-order chi connectivity index (χ1) is 9.40. The lowest BCUT2D eigenvalue weighted by molar-refractivity contribution is -0.155. The highest BCUT2D eigenvalue weighted by molar-refractivity contribution is 6.30. The molecule has 0 aliphatic heterocycles. The van der Waals surface area contributed by atoms with Crippen LogP contribution >= 0.6 is 11.6 Å². The Morgan fingerprint density at radius 2 is 2.00 bits per heavy atom. The van der Waals surface area contributed by atoms with Crippen LogP contribution in [0.25, 0.3) is 0 Å². The van der Waals surface area contributed by atoms with E-state index >= 15 is 0 Å². The Balaban J connectivity index is 2.51. The van der Waals surface area contributed by atoms with Crippen molar-refractivity contribution in [3.05, 3.63) is 34.9 Å². The molecule has 1 rings (SSSR count). The average molecular weight is 297 g/mol. The van der Waals surface area contributed by atoms with Gasteiger partial charge in [-0.3, -0.25) is 9.59 Å². The summed E-state index contributed by atoms with van der Waals surface area (Å²) in [5.41, 5.74) is 1.11. The van der Waals surface area contributed by atoms with Crippen LogP contribution in [0.5, 0.6) is 0 Å². The van der Waals surface area contributed by atoms with E-state index in [-0.39, 0.29) is 11.9 Å². The van der Waals surface area contributed by atoms with E-state index in [1.54, 1.807) is 13.8 Å². The van der Waals surface area contributed by atoms with Crippen molar-refractivity contribution < 1.29 is 14.3 Å². The molecule has 0 aliphatic carbocycles. The highest BCUT2D eigenvalue weighted by atomic mass is 35.5. The molecule has 4 heteroatoms. The highest BCUT2D eigenvalue weighted by Crippen LogP contribution is 2.17. The van der Waals surface area contributed by atoms with E-state index in [0.29, 0.717) is 11.4 Å². The molecule has 1 atom stereocenters. The van der Waals surface area contributed by atoms with Gasteiger partial charge in [0.05, 0.1) is 6.10 Å². The standard InChI is InChI=1S/C16H21ClO3/c1-11(2)20-16(19)15(12(3)18)9-5-7-13-6-4-8-14(17)10-13/h4,6,8,10-11,15H,5,7,9H2,1-3H3. The first-order valence-corrected chi connectivity index (χ1v) is 7.23. The third-order valence-electron chi connectivity index (χ3n) is 2.97. The first-order valence-electron chi connectivity index (χ1n) is 6.85. The number of carbonyl (C=O) groups excluding carboxylic acids is 2. The predicted molar refractivity (Wildman–Crippen MR) is 79.8 cm³/mol. The van der Waals surface area contributed by atoms with Crippen molar-refractivity contribution in [2.75, 3.05) is 0 Å². The zero-order valence-corrected chi connectivity index (χ0v) is 12.9. The number of hydrogen-bond donors (Lipinski definition) is 0. The molecule has 0 heterocycles. The number of aryl methyl sites for hydroxylation is 1. The Morgan fingerprint density at radius 1 is 1.30 bits per heavy atom. The maximum atomic E-state index is 11.8. The van der Waals surface area contributed by atoms with Crippen molar-refractivity contribution in [1.29, 1.82) is 0 Å². The normalized spacial score (nSPS) is 12.2. The van der Waals surface area contributed by atoms with E-state index < -0.39 is 11.9 Å². The summed E-state index contributed by atoms with van der Waals surface area (Å²) in [4.78, 5) is 23.4. The molecule has 20 heavy (non-hydrogen) atoms. The first kappa shape index (κ1) is 16.7. The molecule has 0 N–H and O–H groups in total. The second kappa shape index (κ2) is 8.05. The van der Waals surface area contributed by atoms with Crippen molar-refractivity contribution in [2.24, 2.45) is 5.92 Å². The second-order valence-electron chi connectivity index (χ2n) is 5.17. The number of carbonyl (C=O) groups is 2. The van der Waals surface area contributed by atoms with Crippen LogP contribution < -0.4 is 0 Å². The monoisotopic (exact) mass is 296 g/mol. The minimum atomic E-state index is -0.656. The molecule has 0 aromatic heterocycles. The lowest BCUT2D eigenvalue weighted by Crippen LogP contribution is -2.26. The molecule has 0 spiro atoms. The molecule has 1 unspecified atom stereocenters. The Morgan fingerprint density at radius 3 is 2.55 bits per heavy atom. The molecule has 110 valence electrons. The van der Waals surface area contributed by atoms with Crippen molar-refractivity contribution in [3.63, 3.8) is 0 Å². The van der Waals surface area contributed by atoms with Crippen LogP contribution in [0.15, 0.2) is 24.3 Å². The number of benzene rings is 1. The topological polar surface area (TPSA) is 43.4 Å². The van der Waals surface area contributed by atoms with Crippen LogP contribution in [0.4, 0.5) is 0 Å². The third-order valence-corrected chi connectivity index (χ3v) is 3.21. The number of ether oxygens (including phenoxy) is 1. The summed E-state index contributed by atoms with van der Waals surface area (Å²) in [6.45, 7) is 4.99. The van der Waals surface area contributed by atoms with Crippen molar-refractivity contribution in [1.82, 2.24) is 0 Å². The largest absolute Gasteiger partial charge is 0.462 e. The van der Waals surface area contributed by atoms with E-state index in [2.05, 4.69) is 0 Å². The molecule has 0 aliphatic rings. The predicted octanol–water partition coefficient (Wildman–Crippen LogP) is 3.82. The van der Waals surface area contributed by atoms with Crippen LogP contribution in [0.1, 0.15) is 39.2 Å². The third kappa shape index (κ3) is 5.74. The molecule has 0 saturated carbocycles. The van der Waals surface area contributed by atoms with E-state index in [9.17, 15) is 9.59 Å². The lowest BCUT2D eigenvalue weighted by atomic mass is 9.96. The number of hydrogen-bond acceptors (Lipinski definition) is 3. The molecule has 0 bridgehead atoms. The summed E-state index contributed by atoms with van der Waals surface area (Å²) >= 11 is 5.92. The van der Waals surface area contributed by atoms with Gasteiger partial charge in [0.15, 0.2) is 0 Å². The summed E-state index contributed by atoms with van der Waals surface area (Å²) in [7, 11) is 0. The summed E-state index contributed by atoms with van der Waals surface area (Å²) in [5, 5.41) is 0.699. The highest BCUT2D eigenvalue weighted by Gasteiger charge is 2.25. The fraction of sp³-hybridized carbons (Fsp3) is 0.500. The molecule has 0 radical (unpaired) electrons. The van der Waals surface area contributed by atoms with Gasteiger partial charge in [-0.2, -0.15) is 0 Å². The summed E-state index contributed by atoms with van der Waals surface area (Å²) in [5.74, 6) is -1.21. The minimum Gasteiger partial charge on any atom is -0.462 e. The number of ketones is 1. The number of rotatable bonds is 7. The molecule has 1 aromatic rings. The van der Waals surface area contributed by atoms with Gasteiger partial charge in [-0.15, -0.1) is 0 Å². The molecule has 3 nitrogen and oxygen atoms in total. The van der Waals surface area contributed by atoms with Gasteiger partial charge in [-0.25, -0.2) is 0 Å². The van der Waals surface area contributed by atoms with Gasteiger partial charge in [0, 0.05) is 5.02 Å². The van der Waals surface area contributed by atoms with Gasteiger partial charge < -0.3 is 4.74 Å². The van der Waals surface area contributed by atoms with Crippen LogP contribution in [0.2, 0.25) is 5.02 Å². The van der Waals surface area contributed by atoms with E-state index in [0.717, 1.165) is 18.4 Å². The van der Waals surface area contributed by atoms with Crippen LogP contribution in [0.3, 0.4) is 0 Å². The van der Waals surface area contributed by atoms with Gasteiger partial charge in [0.2, 0.25) is 0 Å². The Hall–Kier alpha value is -1.35. The second-order valence-corrected chi connectivity index (χ2v) is 5.61. The number of esters is 1. The molecule has 0 fully saturated rings. The Bertz CT molecular complexity index is 469. The van der Waals surface area contributed by atoms with Gasteiger partial charge in [0.1, 0.15) is 11.7 Å². The van der Waals surface area contributed by atoms with E-state index in [1.807, 2.05) is 24.3 Å². The van der Waals surface area contributed by atoms with E-state index in [1.165, 1.54) is 6.92 Å². The lowest BCUT2D eigenvalue weighted by Gasteiger charge is -2.15. The van der Waals surface area contributed by atoms with Crippen molar-refractivity contribution in [2.45, 2.75) is 46.1 Å².